The molecule has 2 amide bonds. The van der Waals surface area contributed by atoms with Crippen LogP contribution in [0.3, 0.4) is 0 Å². The van der Waals surface area contributed by atoms with Gasteiger partial charge in [-0.2, -0.15) is 0 Å². The van der Waals surface area contributed by atoms with Gasteiger partial charge in [0.15, 0.2) is 5.65 Å². The standard InChI is InChI=1S/C21H27N5O3/c1-24-8-2-6-21(20(24)28)7-3-9-26(21)19(27)15-12-17-18(22-13-15)25(14-23-17)16-4-10-29-11-5-16/h12-14,16H,2-11H2,1H3. The summed E-state index contributed by atoms with van der Waals surface area (Å²) in [6.45, 7) is 2.88. The van der Waals surface area contributed by atoms with Gasteiger partial charge in [-0.15, -0.1) is 0 Å². The van der Waals surface area contributed by atoms with Gasteiger partial charge in [0.05, 0.1) is 11.9 Å². The summed E-state index contributed by atoms with van der Waals surface area (Å²) in [6, 6.07) is 2.16. The zero-order valence-corrected chi connectivity index (χ0v) is 16.8. The van der Waals surface area contributed by atoms with Gasteiger partial charge < -0.3 is 19.1 Å². The van der Waals surface area contributed by atoms with E-state index in [4.69, 9.17) is 4.74 Å². The predicted octanol–water partition coefficient (Wildman–Crippen LogP) is 2.01. The Bertz CT molecular complexity index is 951. The van der Waals surface area contributed by atoms with Crippen molar-refractivity contribution in [2.45, 2.75) is 50.1 Å². The monoisotopic (exact) mass is 397 g/mol. The van der Waals surface area contributed by atoms with E-state index in [1.54, 1.807) is 16.0 Å². The summed E-state index contributed by atoms with van der Waals surface area (Å²) < 4.78 is 7.55. The van der Waals surface area contributed by atoms with Crippen LogP contribution in [0.25, 0.3) is 11.2 Å². The SMILES string of the molecule is CN1CCCC2(CCCN2C(=O)c2cnc3c(c2)ncn3C2CCOCC2)C1=O. The fourth-order valence-electron chi connectivity index (χ4n) is 5.25. The minimum absolute atomic E-state index is 0.0763. The highest BCUT2D eigenvalue weighted by Crippen LogP contribution is 2.39. The summed E-state index contributed by atoms with van der Waals surface area (Å²) in [5, 5.41) is 0. The molecule has 0 aliphatic carbocycles. The number of nitrogens with zero attached hydrogens (tertiary/aromatic N) is 5. The first kappa shape index (κ1) is 18.5. The lowest BCUT2D eigenvalue weighted by atomic mass is 9.85. The van der Waals surface area contributed by atoms with Gasteiger partial charge in [0, 0.05) is 45.6 Å². The van der Waals surface area contributed by atoms with Gasteiger partial charge in [0.2, 0.25) is 5.91 Å². The second-order valence-corrected chi connectivity index (χ2v) is 8.48. The topological polar surface area (TPSA) is 80.6 Å². The normalized spacial score (nSPS) is 26.0. The van der Waals surface area contributed by atoms with Gasteiger partial charge in [0.1, 0.15) is 11.1 Å². The maximum Gasteiger partial charge on any atom is 0.256 e. The number of carbonyl (C=O) groups excluding carboxylic acids is 2. The Kier molecular flexibility index (Phi) is 4.53. The van der Waals surface area contributed by atoms with Crippen LogP contribution < -0.4 is 0 Å². The second-order valence-electron chi connectivity index (χ2n) is 8.48. The Morgan fingerprint density at radius 3 is 2.72 bits per heavy atom. The van der Waals surface area contributed by atoms with E-state index < -0.39 is 5.54 Å². The van der Waals surface area contributed by atoms with Crippen molar-refractivity contribution in [3.05, 3.63) is 24.2 Å². The number of fused-ring (bicyclic) bond motifs is 1. The molecule has 3 aliphatic rings. The van der Waals surface area contributed by atoms with Gasteiger partial charge in [-0.1, -0.05) is 0 Å². The minimum atomic E-state index is -0.680. The molecule has 1 unspecified atom stereocenters. The van der Waals surface area contributed by atoms with Gasteiger partial charge in [-0.25, -0.2) is 9.97 Å². The third-order valence-corrected chi connectivity index (χ3v) is 6.81. The summed E-state index contributed by atoms with van der Waals surface area (Å²) in [5.41, 5.74) is 1.36. The van der Waals surface area contributed by atoms with Crippen LogP contribution >= 0.6 is 0 Å². The van der Waals surface area contributed by atoms with E-state index in [1.807, 2.05) is 19.4 Å². The van der Waals surface area contributed by atoms with Crippen molar-refractivity contribution in [3.63, 3.8) is 0 Å². The van der Waals surface area contributed by atoms with Gasteiger partial charge >= 0.3 is 0 Å². The van der Waals surface area contributed by atoms with E-state index in [-0.39, 0.29) is 11.8 Å². The van der Waals surface area contributed by atoms with Crippen LogP contribution in [0, 0.1) is 0 Å². The highest BCUT2D eigenvalue weighted by Gasteiger charge is 2.52. The maximum absolute atomic E-state index is 13.4. The van der Waals surface area contributed by atoms with Gasteiger partial charge in [0.25, 0.3) is 5.91 Å². The van der Waals surface area contributed by atoms with Crippen LogP contribution in [0.15, 0.2) is 18.6 Å². The molecule has 0 bridgehead atoms. The quantitative estimate of drug-likeness (QED) is 0.774. The molecular formula is C21H27N5O3. The molecule has 2 aromatic rings. The minimum Gasteiger partial charge on any atom is -0.381 e. The van der Waals surface area contributed by atoms with Crippen molar-refractivity contribution < 1.29 is 14.3 Å². The molecule has 8 nitrogen and oxygen atoms in total. The van der Waals surface area contributed by atoms with Crippen LogP contribution in [0.2, 0.25) is 0 Å². The number of ether oxygens (including phenoxy) is 1. The molecule has 0 saturated carbocycles. The first-order valence-corrected chi connectivity index (χ1v) is 10.6. The summed E-state index contributed by atoms with van der Waals surface area (Å²) >= 11 is 0. The van der Waals surface area contributed by atoms with E-state index in [0.717, 1.165) is 69.4 Å². The summed E-state index contributed by atoms with van der Waals surface area (Å²) in [6.07, 6.45) is 8.63. The number of likely N-dealkylation sites (N-methyl/N-ethyl adjacent to an activating group) is 1. The smallest absolute Gasteiger partial charge is 0.256 e. The Morgan fingerprint density at radius 2 is 1.93 bits per heavy atom. The number of pyridine rings is 1. The summed E-state index contributed by atoms with van der Waals surface area (Å²) in [4.78, 5) is 39.0. The molecule has 0 radical (unpaired) electrons. The summed E-state index contributed by atoms with van der Waals surface area (Å²) in [7, 11) is 1.83. The largest absolute Gasteiger partial charge is 0.381 e. The van der Waals surface area contributed by atoms with E-state index in [2.05, 4.69) is 14.5 Å². The average molecular weight is 397 g/mol. The van der Waals surface area contributed by atoms with Crippen LogP contribution in [0.1, 0.15) is 54.9 Å². The third kappa shape index (κ3) is 2.92. The number of amides is 2. The number of aromatic nitrogens is 3. The molecule has 5 rings (SSSR count). The number of rotatable bonds is 2. The van der Waals surface area contributed by atoms with Crippen molar-refractivity contribution in [1.29, 1.82) is 0 Å². The first-order valence-electron chi connectivity index (χ1n) is 10.6. The molecular weight excluding hydrogens is 370 g/mol. The predicted molar refractivity (Wildman–Crippen MR) is 106 cm³/mol. The van der Waals surface area contributed by atoms with E-state index in [1.165, 1.54) is 0 Å². The Hall–Kier alpha value is -2.48. The van der Waals surface area contributed by atoms with Crippen LogP contribution in [0.4, 0.5) is 0 Å². The average Bonchev–Trinajstić information content (AvgIpc) is 3.36. The molecule has 3 aliphatic heterocycles. The molecule has 154 valence electrons. The van der Waals surface area contributed by atoms with Crippen molar-refractivity contribution in [1.82, 2.24) is 24.3 Å². The highest BCUT2D eigenvalue weighted by atomic mass is 16.5. The van der Waals surface area contributed by atoms with Crippen molar-refractivity contribution in [2.24, 2.45) is 0 Å². The second kappa shape index (κ2) is 7.09. The first-order chi connectivity index (χ1) is 14.1. The van der Waals surface area contributed by atoms with Crippen molar-refractivity contribution >= 4 is 23.0 Å². The lowest BCUT2D eigenvalue weighted by Gasteiger charge is -2.43. The van der Waals surface area contributed by atoms with Crippen LogP contribution in [0.5, 0.6) is 0 Å². The zero-order chi connectivity index (χ0) is 20.0. The highest BCUT2D eigenvalue weighted by molar-refractivity contribution is 6.01. The number of imidazole rings is 1. The number of piperidine rings is 1. The molecule has 5 heterocycles. The number of hydrogen-bond donors (Lipinski definition) is 0. The molecule has 2 aromatic heterocycles. The molecule has 3 saturated heterocycles. The van der Waals surface area contributed by atoms with Crippen molar-refractivity contribution in [2.75, 3.05) is 33.4 Å². The van der Waals surface area contributed by atoms with E-state index in [9.17, 15) is 9.59 Å². The lowest BCUT2D eigenvalue weighted by Crippen LogP contribution is -2.60. The number of hydrogen-bond acceptors (Lipinski definition) is 5. The molecule has 0 aromatic carbocycles. The zero-order valence-electron chi connectivity index (χ0n) is 16.8. The Balaban J connectivity index is 1.44. The summed E-state index contributed by atoms with van der Waals surface area (Å²) in [5.74, 6) is -0.0337. The molecule has 3 fully saturated rings. The molecule has 1 atom stereocenters. The van der Waals surface area contributed by atoms with Gasteiger partial charge in [-0.05, 0) is 44.6 Å². The third-order valence-electron chi connectivity index (χ3n) is 6.81. The molecule has 29 heavy (non-hydrogen) atoms. The number of carbonyl (C=O) groups is 2. The fraction of sp³-hybridized carbons (Fsp3) is 0.619. The van der Waals surface area contributed by atoms with E-state index >= 15 is 0 Å². The molecule has 1 spiro atoms. The maximum atomic E-state index is 13.4. The molecule has 0 N–H and O–H groups in total. The molecule has 8 heteroatoms. The Morgan fingerprint density at radius 1 is 1.17 bits per heavy atom. The van der Waals surface area contributed by atoms with Crippen LogP contribution in [-0.2, 0) is 9.53 Å². The van der Waals surface area contributed by atoms with Crippen molar-refractivity contribution in [3.8, 4) is 0 Å². The van der Waals surface area contributed by atoms with Crippen LogP contribution in [-0.4, -0.2) is 75.0 Å². The Labute approximate surface area is 169 Å². The van der Waals surface area contributed by atoms with Gasteiger partial charge in [-0.3, -0.25) is 9.59 Å². The fourth-order valence-corrected chi connectivity index (χ4v) is 5.25. The number of likely N-dealkylation sites (tertiary alicyclic amines) is 2. The van der Waals surface area contributed by atoms with E-state index in [0.29, 0.717) is 18.2 Å². The lowest BCUT2D eigenvalue weighted by molar-refractivity contribution is -0.144.